The first-order valence-electron chi connectivity index (χ1n) is 5.29. The molecule has 5 nitrogen and oxygen atoms in total. The van der Waals surface area contributed by atoms with E-state index in [0.29, 0.717) is 5.69 Å². The van der Waals surface area contributed by atoms with Gasteiger partial charge in [0.25, 0.3) is 0 Å². The largest absolute Gasteiger partial charge is 0.475 e. The molecule has 0 fully saturated rings. The van der Waals surface area contributed by atoms with Crippen LogP contribution in [0.25, 0.3) is 22.2 Å². The molecule has 0 unspecified atom stereocenters. The van der Waals surface area contributed by atoms with Gasteiger partial charge in [-0.3, -0.25) is 4.98 Å². The zero-order valence-corrected chi connectivity index (χ0v) is 9.20. The number of carboxylic acids is 1. The van der Waals surface area contributed by atoms with Crippen LogP contribution in [0.4, 0.5) is 0 Å². The number of para-hydroxylation sites is 1. The SMILES string of the molecule is O=C(O)c1cc(-c2cnc3ccccc3c2)no1. The van der Waals surface area contributed by atoms with E-state index < -0.39 is 5.97 Å². The lowest BCUT2D eigenvalue weighted by molar-refractivity contribution is 0.0652. The summed E-state index contributed by atoms with van der Waals surface area (Å²) >= 11 is 0. The number of nitrogens with zero attached hydrogens (tertiary/aromatic N) is 2. The number of hydrogen-bond acceptors (Lipinski definition) is 4. The van der Waals surface area contributed by atoms with Crippen molar-refractivity contribution in [2.45, 2.75) is 0 Å². The Morgan fingerprint density at radius 1 is 1.22 bits per heavy atom. The number of rotatable bonds is 2. The summed E-state index contributed by atoms with van der Waals surface area (Å²) in [7, 11) is 0. The lowest BCUT2D eigenvalue weighted by Gasteiger charge is -1.98. The van der Waals surface area contributed by atoms with E-state index in [2.05, 4.69) is 10.1 Å². The number of fused-ring (bicyclic) bond motifs is 1. The molecule has 0 spiro atoms. The molecular formula is C13H8N2O3. The van der Waals surface area contributed by atoms with Gasteiger partial charge in [0.2, 0.25) is 5.76 Å². The molecule has 0 saturated heterocycles. The molecule has 2 aromatic heterocycles. The summed E-state index contributed by atoms with van der Waals surface area (Å²) in [6.07, 6.45) is 1.64. The first kappa shape index (κ1) is 10.5. The molecule has 0 atom stereocenters. The Morgan fingerprint density at radius 2 is 2.06 bits per heavy atom. The average molecular weight is 240 g/mol. The molecule has 3 aromatic rings. The van der Waals surface area contributed by atoms with E-state index in [1.54, 1.807) is 6.20 Å². The van der Waals surface area contributed by atoms with E-state index in [4.69, 9.17) is 9.63 Å². The molecule has 88 valence electrons. The zero-order chi connectivity index (χ0) is 12.5. The maximum absolute atomic E-state index is 10.7. The molecule has 0 aliphatic heterocycles. The molecule has 0 aliphatic carbocycles. The first-order chi connectivity index (χ1) is 8.74. The van der Waals surface area contributed by atoms with Crippen LogP contribution in [0.15, 0.2) is 47.1 Å². The Balaban J connectivity index is 2.10. The van der Waals surface area contributed by atoms with E-state index in [1.807, 2.05) is 30.3 Å². The fraction of sp³-hybridized carbons (Fsp3) is 0. The smallest absolute Gasteiger partial charge is 0.374 e. The third-order valence-corrected chi connectivity index (χ3v) is 2.61. The van der Waals surface area contributed by atoms with Crippen molar-refractivity contribution < 1.29 is 14.4 Å². The molecule has 1 aromatic carbocycles. The second kappa shape index (κ2) is 3.96. The van der Waals surface area contributed by atoms with Gasteiger partial charge in [-0.25, -0.2) is 4.79 Å². The number of hydrogen-bond donors (Lipinski definition) is 1. The van der Waals surface area contributed by atoms with Crippen LogP contribution in [-0.4, -0.2) is 21.2 Å². The van der Waals surface area contributed by atoms with Gasteiger partial charge in [-0.1, -0.05) is 23.4 Å². The van der Waals surface area contributed by atoms with Crippen LogP contribution in [0.1, 0.15) is 10.6 Å². The fourth-order valence-corrected chi connectivity index (χ4v) is 1.72. The predicted octanol–water partition coefficient (Wildman–Crippen LogP) is 2.59. The Bertz CT molecular complexity index is 734. The third kappa shape index (κ3) is 1.71. The van der Waals surface area contributed by atoms with Crippen molar-refractivity contribution in [3.8, 4) is 11.3 Å². The van der Waals surface area contributed by atoms with Gasteiger partial charge in [-0.15, -0.1) is 0 Å². The number of carbonyl (C=O) groups is 1. The normalized spacial score (nSPS) is 10.7. The summed E-state index contributed by atoms with van der Waals surface area (Å²) in [5, 5.41) is 13.5. The monoisotopic (exact) mass is 240 g/mol. The second-order valence-electron chi connectivity index (χ2n) is 3.80. The minimum atomic E-state index is -1.14. The topological polar surface area (TPSA) is 76.2 Å². The van der Waals surface area contributed by atoms with Gasteiger partial charge >= 0.3 is 5.97 Å². The Labute approximate surface area is 102 Å². The van der Waals surface area contributed by atoms with E-state index in [1.165, 1.54) is 6.07 Å². The molecule has 2 heterocycles. The second-order valence-corrected chi connectivity index (χ2v) is 3.80. The number of benzene rings is 1. The first-order valence-corrected chi connectivity index (χ1v) is 5.29. The minimum Gasteiger partial charge on any atom is -0.475 e. The molecule has 0 bridgehead atoms. The highest BCUT2D eigenvalue weighted by Gasteiger charge is 2.12. The van der Waals surface area contributed by atoms with E-state index in [9.17, 15) is 4.79 Å². The number of carboxylic acid groups (broad SMARTS) is 1. The minimum absolute atomic E-state index is 0.182. The van der Waals surface area contributed by atoms with Crippen molar-refractivity contribution in [2.75, 3.05) is 0 Å². The van der Waals surface area contributed by atoms with Crippen LogP contribution in [0, 0.1) is 0 Å². The molecule has 0 aliphatic rings. The predicted molar refractivity (Wildman–Crippen MR) is 64.2 cm³/mol. The van der Waals surface area contributed by atoms with Gasteiger partial charge in [0, 0.05) is 23.2 Å². The average Bonchev–Trinajstić information content (AvgIpc) is 2.88. The van der Waals surface area contributed by atoms with Crippen molar-refractivity contribution >= 4 is 16.9 Å². The van der Waals surface area contributed by atoms with Crippen LogP contribution in [0.5, 0.6) is 0 Å². The molecule has 0 amide bonds. The van der Waals surface area contributed by atoms with Crippen LogP contribution in [-0.2, 0) is 0 Å². The van der Waals surface area contributed by atoms with Gasteiger partial charge in [0.15, 0.2) is 0 Å². The summed E-state index contributed by atoms with van der Waals surface area (Å²) in [4.78, 5) is 15.0. The van der Waals surface area contributed by atoms with Crippen LogP contribution < -0.4 is 0 Å². The van der Waals surface area contributed by atoms with Crippen molar-refractivity contribution in [1.29, 1.82) is 0 Å². The molecular weight excluding hydrogens is 232 g/mol. The van der Waals surface area contributed by atoms with Crippen LogP contribution in [0.3, 0.4) is 0 Å². The van der Waals surface area contributed by atoms with Crippen molar-refractivity contribution in [2.24, 2.45) is 0 Å². The summed E-state index contributed by atoms with van der Waals surface area (Å²) in [6.45, 7) is 0. The lowest BCUT2D eigenvalue weighted by Crippen LogP contribution is -1.91. The lowest BCUT2D eigenvalue weighted by atomic mass is 10.1. The number of pyridine rings is 1. The summed E-state index contributed by atoms with van der Waals surface area (Å²) in [5.41, 5.74) is 2.07. The van der Waals surface area contributed by atoms with Gasteiger partial charge in [-0.05, 0) is 12.1 Å². The highest BCUT2D eigenvalue weighted by molar-refractivity contribution is 5.87. The maximum Gasteiger partial charge on any atom is 0.374 e. The number of aromatic nitrogens is 2. The van der Waals surface area contributed by atoms with Gasteiger partial charge in [0.1, 0.15) is 5.69 Å². The van der Waals surface area contributed by atoms with Crippen molar-refractivity contribution in [1.82, 2.24) is 10.1 Å². The molecule has 5 heteroatoms. The van der Waals surface area contributed by atoms with Crippen molar-refractivity contribution in [3.63, 3.8) is 0 Å². The maximum atomic E-state index is 10.7. The van der Waals surface area contributed by atoms with Gasteiger partial charge in [-0.2, -0.15) is 0 Å². The van der Waals surface area contributed by atoms with Gasteiger partial charge < -0.3 is 9.63 Å². The highest BCUT2D eigenvalue weighted by atomic mass is 16.5. The Kier molecular flexibility index (Phi) is 2.30. The van der Waals surface area contributed by atoms with Crippen LogP contribution in [0.2, 0.25) is 0 Å². The molecule has 3 rings (SSSR count). The fourth-order valence-electron chi connectivity index (χ4n) is 1.72. The molecule has 1 N–H and O–H groups in total. The quantitative estimate of drug-likeness (QED) is 0.745. The molecule has 18 heavy (non-hydrogen) atoms. The standard InChI is InChI=1S/C13H8N2O3/c16-13(17)12-6-11(15-18-12)9-5-8-3-1-2-4-10(8)14-7-9/h1-7H,(H,16,17). The van der Waals surface area contributed by atoms with E-state index in [0.717, 1.165) is 16.5 Å². The Hall–Kier alpha value is -2.69. The summed E-state index contributed by atoms with van der Waals surface area (Å²) in [6, 6.07) is 10.9. The third-order valence-electron chi connectivity index (χ3n) is 2.61. The van der Waals surface area contributed by atoms with Crippen molar-refractivity contribution in [3.05, 3.63) is 48.4 Å². The summed E-state index contributed by atoms with van der Waals surface area (Å²) < 4.78 is 4.72. The van der Waals surface area contributed by atoms with Gasteiger partial charge in [0.05, 0.1) is 5.52 Å². The zero-order valence-electron chi connectivity index (χ0n) is 9.20. The number of aromatic carboxylic acids is 1. The van der Waals surface area contributed by atoms with E-state index in [-0.39, 0.29) is 5.76 Å². The molecule has 0 saturated carbocycles. The van der Waals surface area contributed by atoms with Crippen LogP contribution >= 0.6 is 0 Å². The Morgan fingerprint density at radius 3 is 2.83 bits per heavy atom. The van der Waals surface area contributed by atoms with E-state index >= 15 is 0 Å². The molecule has 0 radical (unpaired) electrons. The highest BCUT2D eigenvalue weighted by Crippen LogP contribution is 2.22. The summed E-state index contributed by atoms with van der Waals surface area (Å²) in [5.74, 6) is -1.32.